The van der Waals surface area contributed by atoms with Gasteiger partial charge in [-0.2, -0.15) is 0 Å². The highest BCUT2D eigenvalue weighted by atomic mass is 32.2. The largest absolute Gasteiger partial charge is 0.397 e. The van der Waals surface area contributed by atoms with Gasteiger partial charge in [-0.1, -0.05) is 20.3 Å². The van der Waals surface area contributed by atoms with Crippen LogP contribution in [-0.2, 0) is 15.6 Å². The van der Waals surface area contributed by atoms with E-state index in [2.05, 4.69) is 5.32 Å². The molecule has 0 saturated carbocycles. The summed E-state index contributed by atoms with van der Waals surface area (Å²) >= 11 is 0. The Labute approximate surface area is 121 Å². The van der Waals surface area contributed by atoms with Crippen LogP contribution >= 0.6 is 0 Å². The second-order valence-electron chi connectivity index (χ2n) is 4.92. The summed E-state index contributed by atoms with van der Waals surface area (Å²) < 4.78 is 25.0. The molecule has 1 rings (SSSR count). The van der Waals surface area contributed by atoms with Gasteiger partial charge in [-0.15, -0.1) is 0 Å². The number of hydrogen-bond donors (Lipinski definition) is 2. The molecule has 1 aromatic carbocycles. The van der Waals surface area contributed by atoms with E-state index in [-0.39, 0.29) is 11.6 Å². The van der Waals surface area contributed by atoms with Gasteiger partial charge in [-0.3, -0.25) is 9.00 Å². The number of carbonyl (C=O) groups is 1. The molecule has 3 atom stereocenters. The van der Waals surface area contributed by atoms with Gasteiger partial charge in [0, 0.05) is 16.6 Å². The average molecular weight is 300 g/mol. The number of anilines is 2. The van der Waals surface area contributed by atoms with Crippen molar-refractivity contribution in [2.45, 2.75) is 32.4 Å². The topological polar surface area (TPSA) is 72.2 Å². The molecule has 0 bridgehead atoms. The number of benzene rings is 1. The summed E-state index contributed by atoms with van der Waals surface area (Å²) in [5.74, 6) is -0.0370. The molecule has 6 heteroatoms. The number of nitrogens with two attached hydrogens (primary N) is 1. The first-order valence-electron chi connectivity index (χ1n) is 6.58. The average Bonchev–Trinajstić information content (AvgIpc) is 2.40. The third-order valence-electron chi connectivity index (χ3n) is 3.18. The van der Waals surface area contributed by atoms with Gasteiger partial charge >= 0.3 is 0 Å². The molecule has 0 aliphatic rings. The summed E-state index contributed by atoms with van der Waals surface area (Å²) in [6.07, 6.45) is 0.922. The molecule has 0 heterocycles. The van der Waals surface area contributed by atoms with Gasteiger partial charge in [0.25, 0.3) is 0 Å². The van der Waals surface area contributed by atoms with Gasteiger partial charge in [0.1, 0.15) is 11.1 Å². The molecule has 0 aromatic heterocycles. The number of rotatable bonds is 6. The fourth-order valence-electron chi connectivity index (χ4n) is 1.54. The van der Waals surface area contributed by atoms with Crippen molar-refractivity contribution >= 4 is 28.1 Å². The van der Waals surface area contributed by atoms with Gasteiger partial charge in [0.05, 0.1) is 11.4 Å². The first-order chi connectivity index (χ1) is 9.35. The first kappa shape index (κ1) is 16.6. The van der Waals surface area contributed by atoms with Crippen LogP contribution in [0.1, 0.15) is 27.2 Å². The molecule has 1 aromatic rings. The highest BCUT2D eigenvalue weighted by Gasteiger charge is 2.21. The molecule has 1 amide bonds. The van der Waals surface area contributed by atoms with Gasteiger partial charge in [0.2, 0.25) is 5.91 Å². The predicted molar refractivity (Wildman–Crippen MR) is 81.4 cm³/mol. The molecule has 0 spiro atoms. The molecular formula is C14H21FN2O2S. The second kappa shape index (κ2) is 7.38. The van der Waals surface area contributed by atoms with Gasteiger partial charge < -0.3 is 11.1 Å². The van der Waals surface area contributed by atoms with Crippen LogP contribution in [0.25, 0.3) is 0 Å². The van der Waals surface area contributed by atoms with Crippen molar-refractivity contribution < 1.29 is 13.4 Å². The van der Waals surface area contributed by atoms with Crippen molar-refractivity contribution in [3.8, 4) is 0 Å². The number of amides is 1. The second-order valence-corrected chi connectivity index (χ2v) is 6.73. The molecule has 0 radical (unpaired) electrons. The maximum atomic E-state index is 12.9. The number of halogens is 1. The zero-order valence-corrected chi connectivity index (χ0v) is 12.8. The van der Waals surface area contributed by atoms with Gasteiger partial charge in [-0.05, 0) is 31.0 Å². The van der Waals surface area contributed by atoms with E-state index >= 15 is 0 Å². The monoisotopic (exact) mass is 300 g/mol. The molecule has 3 unspecified atom stereocenters. The normalized spacial score (nSPS) is 15.4. The lowest BCUT2D eigenvalue weighted by molar-refractivity contribution is -0.115. The lowest BCUT2D eigenvalue weighted by atomic mass is 10.2. The van der Waals surface area contributed by atoms with Crippen LogP contribution in [0.5, 0.6) is 0 Å². The molecular weight excluding hydrogens is 279 g/mol. The van der Waals surface area contributed by atoms with E-state index in [4.69, 9.17) is 5.73 Å². The van der Waals surface area contributed by atoms with Gasteiger partial charge in [-0.25, -0.2) is 4.39 Å². The Morgan fingerprint density at radius 1 is 1.45 bits per heavy atom. The van der Waals surface area contributed by atoms with Crippen molar-refractivity contribution in [1.29, 1.82) is 0 Å². The zero-order valence-electron chi connectivity index (χ0n) is 12.0. The quantitative estimate of drug-likeness (QED) is 0.793. The van der Waals surface area contributed by atoms with Crippen molar-refractivity contribution in [2.75, 3.05) is 16.8 Å². The maximum Gasteiger partial charge on any atom is 0.239 e. The van der Waals surface area contributed by atoms with E-state index in [1.807, 2.05) is 13.8 Å². The number of carbonyl (C=O) groups excluding carboxylic acids is 1. The van der Waals surface area contributed by atoms with Crippen LogP contribution in [0.4, 0.5) is 15.8 Å². The van der Waals surface area contributed by atoms with Crippen molar-refractivity contribution in [2.24, 2.45) is 5.92 Å². The Morgan fingerprint density at radius 3 is 2.65 bits per heavy atom. The van der Waals surface area contributed by atoms with E-state index in [0.29, 0.717) is 17.4 Å². The minimum absolute atomic E-state index is 0.151. The van der Waals surface area contributed by atoms with Crippen molar-refractivity contribution in [3.05, 3.63) is 24.0 Å². The zero-order chi connectivity index (χ0) is 15.3. The molecule has 0 fully saturated rings. The molecule has 4 nitrogen and oxygen atoms in total. The summed E-state index contributed by atoms with van der Waals surface area (Å²) in [5.41, 5.74) is 6.11. The standard InChI is InChI=1S/C14H21FN2O2S/c1-4-9(2)8-20(19)10(3)14(18)17-13-6-5-11(15)7-12(13)16/h5-7,9-10H,4,8,16H2,1-3H3,(H,17,18). The molecule has 112 valence electrons. The van der Waals surface area contributed by atoms with Crippen LogP contribution in [0.15, 0.2) is 18.2 Å². The third-order valence-corrected chi connectivity index (χ3v) is 5.08. The van der Waals surface area contributed by atoms with Crippen molar-refractivity contribution in [3.63, 3.8) is 0 Å². The Hall–Kier alpha value is -1.43. The lowest BCUT2D eigenvalue weighted by Gasteiger charge is -2.15. The molecule has 0 aliphatic carbocycles. The van der Waals surface area contributed by atoms with E-state index in [9.17, 15) is 13.4 Å². The van der Waals surface area contributed by atoms with Crippen LogP contribution in [0.3, 0.4) is 0 Å². The molecule has 0 saturated heterocycles. The van der Waals surface area contributed by atoms with Gasteiger partial charge in [0.15, 0.2) is 0 Å². The Balaban J connectivity index is 2.68. The molecule has 0 aliphatic heterocycles. The minimum atomic E-state index is -1.24. The Bertz CT molecular complexity index is 508. The highest BCUT2D eigenvalue weighted by molar-refractivity contribution is 7.86. The van der Waals surface area contributed by atoms with Crippen LogP contribution in [-0.4, -0.2) is 21.1 Å². The fraction of sp³-hybridized carbons (Fsp3) is 0.500. The highest BCUT2D eigenvalue weighted by Crippen LogP contribution is 2.19. The number of hydrogen-bond acceptors (Lipinski definition) is 3. The number of nitrogens with one attached hydrogen (secondary N) is 1. The third kappa shape index (κ3) is 4.59. The maximum absolute atomic E-state index is 12.9. The molecule has 3 N–H and O–H groups in total. The summed E-state index contributed by atoms with van der Waals surface area (Å²) in [5, 5.41) is 1.95. The smallest absolute Gasteiger partial charge is 0.239 e. The first-order valence-corrected chi connectivity index (χ1v) is 7.96. The molecule has 20 heavy (non-hydrogen) atoms. The summed E-state index contributed by atoms with van der Waals surface area (Å²) in [4.78, 5) is 12.0. The summed E-state index contributed by atoms with van der Waals surface area (Å²) in [6.45, 7) is 5.64. The van der Waals surface area contributed by atoms with E-state index in [0.717, 1.165) is 12.5 Å². The Kier molecular flexibility index (Phi) is 6.13. The van der Waals surface area contributed by atoms with E-state index < -0.39 is 21.9 Å². The predicted octanol–water partition coefficient (Wildman–Crippen LogP) is 2.53. The van der Waals surface area contributed by atoms with Crippen LogP contribution < -0.4 is 11.1 Å². The fourth-order valence-corrected chi connectivity index (χ4v) is 2.93. The summed E-state index contributed by atoms with van der Waals surface area (Å²) in [7, 11) is -1.24. The summed E-state index contributed by atoms with van der Waals surface area (Å²) in [6, 6.07) is 3.75. The Morgan fingerprint density at radius 2 is 2.10 bits per heavy atom. The van der Waals surface area contributed by atoms with Crippen LogP contribution in [0.2, 0.25) is 0 Å². The number of nitrogen functional groups attached to an aromatic ring is 1. The SMILES string of the molecule is CCC(C)CS(=O)C(C)C(=O)Nc1ccc(F)cc1N. The van der Waals surface area contributed by atoms with Crippen LogP contribution in [0, 0.1) is 11.7 Å². The van der Waals surface area contributed by atoms with E-state index in [1.54, 1.807) is 6.92 Å². The lowest BCUT2D eigenvalue weighted by Crippen LogP contribution is -2.31. The van der Waals surface area contributed by atoms with E-state index in [1.165, 1.54) is 12.1 Å². The van der Waals surface area contributed by atoms with Crippen molar-refractivity contribution in [1.82, 2.24) is 0 Å². The minimum Gasteiger partial charge on any atom is -0.397 e.